The number of carbonyl (C=O) groups excluding carboxylic acids is 1. The van der Waals surface area contributed by atoms with Crippen molar-refractivity contribution in [1.29, 1.82) is 0 Å². The zero-order valence-corrected chi connectivity index (χ0v) is 22.7. The van der Waals surface area contributed by atoms with Crippen LogP contribution < -0.4 is 19.6 Å². The summed E-state index contributed by atoms with van der Waals surface area (Å²) in [6.45, 7) is 0. The third-order valence-corrected chi connectivity index (χ3v) is 6.67. The number of ether oxygens (including phenoxy) is 3. The number of thioether (sulfide) groups is 1. The van der Waals surface area contributed by atoms with Gasteiger partial charge in [0.05, 0.1) is 33.3 Å². The minimum Gasteiger partial charge on any atom is -0.493 e. The molecule has 3 aromatic carbocycles. The normalized spacial score (nSPS) is 10.9. The second kappa shape index (κ2) is 12.4. The van der Waals surface area contributed by atoms with Gasteiger partial charge in [0.2, 0.25) is 5.75 Å². The Labute approximate surface area is 227 Å². The van der Waals surface area contributed by atoms with Crippen molar-refractivity contribution >= 4 is 39.8 Å². The number of hydrogen-bond acceptors (Lipinski definition) is 8. The van der Waals surface area contributed by atoms with Gasteiger partial charge in [0.25, 0.3) is 5.91 Å². The Kier molecular flexibility index (Phi) is 8.81. The summed E-state index contributed by atoms with van der Waals surface area (Å²) in [6.07, 6.45) is 1.49. The maximum atomic E-state index is 12.6. The Morgan fingerprint density at radius 3 is 2.38 bits per heavy atom. The topological polar surface area (TPSA) is 99.9 Å². The highest BCUT2D eigenvalue weighted by molar-refractivity contribution is 9.10. The van der Waals surface area contributed by atoms with Crippen molar-refractivity contribution in [2.45, 2.75) is 5.16 Å². The minimum absolute atomic E-state index is 0.0890. The highest BCUT2D eigenvalue weighted by Gasteiger charge is 2.18. The summed E-state index contributed by atoms with van der Waals surface area (Å²) in [5.74, 6) is 1.89. The van der Waals surface area contributed by atoms with Crippen molar-refractivity contribution in [1.82, 2.24) is 20.2 Å². The van der Waals surface area contributed by atoms with Gasteiger partial charge < -0.3 is 14.2 Å². The average molecular weight is 582 g/mol. The van der Waals surface area contributed by atoms with Crippen LogP contribution in [0.5, 0.6) is 17.2 Å². The summed E-state index contributed by atoms with van der Waals surface area (Å²) in [4.78, 5) is 12.6. The van der Waals surface area contributed by atoms with Crippen LogP contribution in [0, 0.1) is 0 Å². The van der Waals surface area contributed by atoms with E-state index in [0.717, 1.165) is 15.7 Å². The smallest absolute Gasteiger partial charge is 0.250 e. The third-order valence-electron chi connectivity index (χ3n) is 5.21. The first-order chi connectivity index (χ1) is 18.0. The van der Waals surface area contributed by atoms with Gasteiger partial charge in [-0.25, -0.2) is 5.43 Å². The van der Waals surface area contributed by atoms with Crippen molar-refractivity contribution in [2.75, 3.05) is 27.1 Å². The van der Waals surface area contributed by atoms with Crippen LogP contribution in [0.4, 0.5) is 0 Å². The quantitative estimate of drug-likeness (QED) is 0.160. The SMILES string of the molecule is COc1ccc(C=NNC(=O)CSc2nnc(-c3ccc(Br)cc3)n2-c2ccccc2)c(OC)c1OC. The van der Waals surface area contributed by atoms with Gasteiger partial charge in [0, 0.05) is 21.3 Å². The zero-order valence-electron chi connectivity index (χ0n) is 20.3. The molecule has 0 radical (unpaired) electrons. The molecule has 4 rings (SSSR count). The number of hydrazone groups is 1. The summed E-state index contributed by atoms with van der Waals surface area (Å²) in [7, 11) is 4.59. The summed E-state index contributed by atoms with van der Waals surface area (Å²) < 4.78 is 19.0. The number of nitrogens with zero attached hydrogens (tertiary/aromatic N) is 4. The number of methoxy groups -OCH3 is 3. The van der Waals surface area contributed by atoms with Gasteiger partial charge >= 0.3 is 0 Å². The lowest BCUT2D eigenvalue weighted by atomic mass is 10.2. The van der Waals surface area contributed by atoms with E-state index in [2.05, 4.69) is 36.7 Å². The van der Waals surface area contributed by atoms with E-state index in [1.807, 2.05) is 59.2 Å². The number of rotatable bonds is 10. The highest BCUT2D eigenvalue weighted by atomic mass is 79.9. The molecule has 11 heteroatoms. The Morgan fingerprint density at radius 1 is 0.973 bits per heavy atom. The van der Waals surface area contributed by atoms with E-state index in [0.29, 0.717) is 33.8 Å². The summed E-state index contributed by atoms with van der Waals surface area (Å²) >= 11 is 4.73. The third kappa shape index (κ3) is 6.12. The average Bonchev–Trinajstić information content (AvgIpc) is 3.36. The van der Waals surface area contributed by atoms with Gasteiger partial charge in [-0.3, -0.25) is 9.36 Å². The molecular formula is C26H24BrN5O4S. The monoisotopic (exact) mass is 581 g/mol. The molecule has 1 aromatic heterocycles. The predicted octanol–water partition coefficient (Wildman–Crippen LogP) is 4.97. The van der Waals surface area contributed by atoms with Gasteiger partial charge in [0.15, 0.2) is 22.5 Å². The van der Waals surface area contributed by atoms with Crippen molar-refractivity contribution < 1.29 is 19.0 Å². The number of para-hydroxylation sites is 1. The highest BCUT2D eigenvalue weighted by Crippen LogP contribution is 2.39. The molecule has 0 saturated carbocycles. The fourth-order valence-corrected chi connectivity index (χ4v) is 4.53. The molecule has 0 aliphatic carbocycles. The van der Waals surface area contributed by atoms with Gasteiger partial charge in [0.1, 0.15) is 0 Å². The maximum absolute atomic E-state index is 12.6. The van der Waals surface area contributed by atoms with Crippen molar-refractivity contribution in [3.63, 3.8) is 0 Å². The number of halogens is 1. The summed E-state index contributed by atoms with van der Waals surface area (Å²) in [5, 5.41) is 13.4. The molecule has 0 bridgehead atoms. The Balaban J connectivity index is 1.49. The van der Waals surface area contributed by atoms with Crippen LogP contribution in [-0.2, 0) is 4.79 Å². The lowest BCUT2D eigenvalue weighted by Gasteiger charge is -2.13. The molecule has 0 aliphatic rings. The minimum atomic E-state index is -0.298. The molecule has 0 saturated heterocycles. The number of amides is 1. The molecule has 0 spiro atoms. The lowest BCUT2D eigenvalue weighted by molar-refractivity contribution is -0.118. The van der Waals surface area contributed by atoms with Crippen molar-refractivity contribution in [2.24, 2.45) is 5.10 Å². The van der Waals surface area contributed by atoms with E-state index >= 15 is 0 Å². The molecule has 1 amide bonds. The van der Waals surface area contributed by atoms with Crippen molar-refractivity contribution in [3.8, 4) is 34.3 Å². The van der Waals surface area contributed by atoms with Gasteiger partial charge in [-0.2, -0.15) is 5.10 Å². The maximum Gasteiger partial charge on any atom is 0.250 e. The van der Waals surface area contributed by atoms with Crippen LogP contribution in [0.3, 0.4) is 0 Å². The van der Waals surface area contributed by atoms with Crippen LogP contribution in [0.15, 0.2) is 81.5 Å². The van der Waals surface area contributed by atoms with E-state index < -0.39 is 0 Å². The molecule has 0 unspecified atom stereocenters. The molecule has 0 fully saturated rings. The molecule has 0 atom stereocenters. The molecule has 4 aromatic rings. The molecule has 1 N–H and O–H groups in total. The molecule has 0 aliphatic heterocycles. The summed E-state index contributed by atoms with van der Waals surface area (Å²) in [6, 6.07) is 21.1. The first kappa shape index (κ1) is 26.2. The number of nitrogens with one attached hydrogen (secondary N) is 1. The van der Waals surface area contributed by atoms with Crippen molar-refractivity contribution in [3.05, 3.63) is 76.8 Å². The second-order valence-electron chi connectivity index (χ2n) is 7.49. The van der Waals surface area contributed by atoms with E-state index in [4.69, 9.17) is 14.2 Å². The van der Waals surface area contributed by atoms with Crippen LogP contribution in [-0.4, -0.2) is 54.0 Å². The number of carbonyl (C=O) groups is 1. The molecule has 190 valence electrons. The number of aromatic nitrogens is 3. The molecule has 37 heavy (non-hydrogen) atoms. The van der Waals surface area contributed by atoms with Crippen LogP contribution >= 0.6 is 27.7 Å². The Hall–Kier alpha value is -3.83. The largest absolute Gasteiger partial charge is 0.493 e. The number of benzene rings is 3. The molecular weight excluding hydrogens is 558 g/mol. The fourth-order valence-electron chi connectivity index (χ4n) is 3.52. The van der Waals surface area contributed by atoms with E-state index in [-0.39, 0.29) is 11.7 Å². The molecule has 1 heterocycles. The molecule has 9 nitrogen and oxygen atoms in total. The first-order valence-corrected chi connectivity index (χ1v) is 12.8. The predicted molar refractivity (Wildman–Crippen MR) is 147 cm³/mol. The van der Waals surface area contributed by atoms with E-state index in [9.17, 15) is 4.79 Å². The first-order valence-electron chi connectivity index (χ1n) is 11.1. The lowest BCUT2D eigenvalue weighted by Crippen LogP contribution is -2.20. The van der Waals surface area contributed by atoms with E-state index in [1.165, 1.54) is 32.2 Å². The zero-order chi connectivity index (χ0) is 26.2. The Bertz CT molecular complexity index is 1390. The van der Waals surface area contributed by atoms with Crippen LogP contribution in [0.2, 0.25) is 0 Å². The number of hydrogen-bond donors (Lipinski definition) is 1. The van der Waals surface area contributed by atoms with Gasteiger partial charge in [-0.05, 0) is 36.4 Å². The van der Waals surface area contributed by atoms with Gasteiger partial charge in [-0.1, -0.05) is 58.0 Å². The van der Waals surface area contributed by atoms with Crippen LogP contribution in [0.1, 0.15) is 5.56 Å². The van der Waals surface area contributed by atoms with Gasteiger partial charge in [-0.15, -0.1) is 10.2 Å². The fraction of sp³-hybridized carbons (Fsp3) is 0.154. The van der Waals surface area contributed by atoms with E-state index in [1.54, 1.807) is 19.2 Å². The summed E-state index contributed by atoms with van der Waals surface area (Å²) in [5.41, 5.74) is 4.97. The van der Waals surface area contributed by atoms with Crippen LogP contribution in [0.25, 0.3) is 17.1 Å². The second-order valence-corrected chi connectivity index (χ2v) is 9.35. The Morgan fingerprint density at radius 2 is 1.70 bits per heavy atom. The standard InChI is InChI=1S/C26H24BrN5O4S/c1-34-21-14-11-18(23(35-2)24(21)36-3)15-28-29-22(33)16-37-26-31-30-25(17-9-12-19(27)13-10-17)32(26)20-7-5-4-6-8-20/h4-15H,16H2,1-3H3,(H,29,33).